The summed E-state index contributed by atoms with van der Waals surface area (Å²) in [5.41, 5.74) is 2.30. The normalized spacial score (nSPS) is 17.9. The number of hydrogen-bond acceptors (Lipinski definition) is 5. The third-order valence-corrected chi connectivity index (χ3v) is 5.12. The molecule has 26 heavy (non-hydrogen) atoms. The van der Waals surface area contributed by atoms with Crippen molar-refractivity contribution in [1.29, 1.82) is 0 Å². The van der Waals surface area contributed by atoms with E-state index in [1.807, 2.05) is 24.7 Å². The molecular weight excluding hydrogens is 322 g/mol. The molecule has 0 radical (unpaired) electrons. The first-order valence-electron chi connectivity index (χ1n) is 9.94. The molecular formula is C21H31N5. The van der Waals surface area contributed by atoms with E-state index in [1.54, 1.807) is 0 Å². The largest absolute Gasteiger partial charge is 0.299 e. The Balaban J connectivity index is 1.69. The van der Waals surface area contributed by atoms with Crippen molar-refractivity contribution >= 4 is 0 Å². The summed E-state index contributed by atoms with van der Waals surface area (Å²) in [7, 11) is 0. The van der Waals surface area contributed by atoms with Gasteiger partial charge in [0.2, 0.25) is 0 Å². The predicted molar refractivity (Wildman–Crippen MR) is 105 cm³/mol. The van der Waals surface area contributed by atoms with Crippen LogP contribution in [0.1, 0.15) is 50.2 Å². The molecule has 1 fully saturated rings. The molecule has 0 saturated carbocycles. The van der Waals surface area contributed by atoms with E-state index < -0.39 is 0 Å². The molecule has 3 heterocycles. The van der Waals surface area contributed by atoms with Gasteiger partial charge in [0, 0.05) is 56.3 Å². The zero-order valence-electron chi connectivity index (χ0n) is 16.1. The highest BCUT2D eigenvalue weighted by Gasteiger charge is 2.25. The predicted octanol–water partition coefficient (Wildman–Crippen LogP) is 3.31. The summed E-state index contributed by atoms with van der Waals surface area (Å²) in [5.74, 6) is 0.945. The lowest BCUT2D eigenvalue weighted by Crippen LogP contribution is -2.40. The second-order valence-electron chi connectivity index (χ2n) is 7.17. The molecule has 2 aromatic rings. The van der Waals surface area contributed by atoms with Gasteiger partial charge in [-0.25, -0.2) is 9.97 Å². The van der Waals surface area contributed by atoms with Crippen molar-refractivity contribution in [3.8, 4) is 0 Å². The van der Waals surface area contributed by atoms with Crippen molar-refractivity contribution in [1.82, 2.24) is 24.8 Å². The Hall–Kier alpha value is -1.85. The van der Waals surface area contributed by atoms with Crippen LogP contribution in [-0.2, 0) is 19.5 Å². The number of aryl methyl sites for hydroxylation is 1. The summed E-state index contributed by atoms with van der Waals surface area (Å²) in [6, 6.07) is 6.80. The highest BCUT2D eigenvalue weighted by atomic mass is 15.2. The van der Waals surface area contributed by atoms with Gasteiger partial charge in [-0.1, -0.05) is 19.9 Å². The van der Waals surface area contributed by atoms with E-state index in [4.69, 9.17) is 0 Å². The zero-order chi connectivity index (χ0) is 18.2. The van der Waals surface area contributed by atoms with Crippen LogP contribution in [0.3, 0.4) is 0 Å². The number of hydrogen-bond donors (Lipinski definition) is 0. The van der Waals surface area contributed by atoms with Gasteiger partial charge in [-0.15, -0.1) is 0 Å². The van der Waals surface area contributed by atoms with Crippen LogP contribution in [-0.4, -0.2) is 50.4 Å². The van der Waals surface area contributed by atoms with E-state index in [0.717, 1.165) is 50.5 Å². The summed E-state index contributed by atoms with van der Waals surface area (Å²) in [4.78, 5) is 18.7. The molecule has 0 amide bonds. The van der Waals surface area contributed by atoms with Crippen molar-refractivity contribution < 1.29 is 0 Å². The van der Waals surface area contributed by atoms with Crippen LogP contribution < -0.4 is 0 Å². The van der Waals surface area contributed by atoms with Gasteiger partial charge in [0.05, 0.1) is 5.69 Å². The van der Waals surface area contributed by atoms with E-state index in [-0.39, 0.29) is 0 Å². The van der Waals surface area contributed by atoms with E-state index >= 15 is 0 Å². The molecule has 0 N–H and O–H groups in total. The molecule has 1 saturated heterocycles. The molecule has 0 aliphatic carbocycles. The lowest BCUT2D eigenvalue weighted by molar-refractivity contribution is 0.164. The fraction of sp³-hybridized carbons (Fsp3) is 0.571. The van der Waals surface area contributed by atoms with Gasteiger partial charge in [0.25, 0.3) is 0 Å². The Labute approximate surface area is 157 Å². The molecule has 2 aromatic heterocycles. The fourth-order valence-corrected chi connectivity index (χ4v) is 3.80. The number of pyridine rings is 1. The average molecular weight is 354 g/mol. The summed E-state index contributed by atoms with van der Waals surface area (Å²) >= 11 is 0. The summed E-state index contributed by atoms with van der Waals surface area (Å²) in [6.07, 6.45) is 10.5. The molecule has 5 nitrogen and oxygen atoms in total. The van der Waals surface area contributed by atoms with Gasteiger partial charge in [-0.2, -0.15) is 0 Å². The maximum absolute atomic E-state index is 4.53. The highest BCUT2D eigenvalue weighted by molar-refractivity contribution is 5.08. The highest BCUT2D eigenvalue weighted by Crippen LogP contribution is 2.19. The van der Waals surface area contributed by atoms with Crippen LogP contribution >= 0.6 is 0 Å². The Bertz CT molecular complexity index is 643. The summed E-state index contributed by atoms with van der Waals surface area (Å²) in [6.45, 7) is 9.60. The maximum Gasteiger partial charge on any atom is 0.128 e. The lowest BCUT2D eigenvalue weighted by Gasteiger charge is -2.30. The first-order valence-corrected chi connectivity index (χ1v) is 9.94. The SMILES string of the molecule is CCCc1ncc(CN(Cc2ccccn2)C[C@@H]2CCCN2CC)cn1. The smallest absolute Gasteiger partial charge is 0.128 e. The van der Waals surface area contributed by atoms with E-state index in [0.29, 0.717) is 6.04 Å². The molecule has 5 heteroatoms. The van der Waals surface area contributed by atoms with Gasteiger partial charge in [-0.3, -0.25) is 14.8 Å². The quantitative estimate of drug-likeness (QED) is 0.692. The lowest BCUT2D eigenvalue weighted by atomic mass is 10.1. The number of nitrogens with zero attached hydrogens (tertiary/aromatic N) is 5. The number of rotatable bonds is 9. The molecule has 0 unspecified atom stereocenters. The minimum absolute atomic E-state index is 0.643. The van der Waals surface area contributed by atoms with Gasteiger partial charge >= 0.3 is 0 Å². The Morgan fingerprint density at radius 3 is 2.65 bits per heavy atom. The van der Waals surface area contributed by atoms with Gasteiger partial charge < -0.3 is 0 Å². The number of likely N-dealkylation sites (tertiary alicyclic amines) is 1. The van der Waals surface area contributed by atoms with Crippen LogP contribution in [0.2, 0.25) is 0 Å². The van der Waals surface area contributed by atoms with Gasteiger partial charge in [0.15, 0.2) is 0 Å². The third-order valence-electron chi connectivity index (χ3n) is 5.12. The molecule has 0 bridgehead atoms. The molecule has 3 rings (SSSR count). The van der Waals surface area contributed by atoms with E-state index in [2.05, 4.69) is 50.7 Å². The Kier molecular flexibility index (Phi) is 7.09. The summed E-state index contributed by atoms with van der Waals surface area (Å²) < 4.78 is 0. The van der Waals surface area contributed by atoms with Gasteiger partial charge in [-0.05, 0) is 44.5 Å². The molecule has 0 spiro atoms. The van der Waals surface area contributed by atoms with Crippen LogP contribution in [0.5, 0.6) is 0 Å². The third kappa shape index (κ3) is 5.32. The van der Waals surface area contributed by atoms with Crippen LogP contribution in [0.4, 0.5) is 0 Å². The van der Waals surface area contributed by atoms with Crippen molar-refractivity contribution in [2.75, 3.05) is 19.6 Å². The fourth-order valence-electron chi connectivity index (χ4n) is 3.80. The monoisotopic (exact) mass is 353 g/mol. The van der Waals surface area contributed by atoms with Gasteiger partial charge in [0.1, 0.15) is 5.82 Å². The van der Waals surface area contributed by atoms with Crippen molar-refractivity contribution in [3.63, 3.8) is 0 Å². The van der Waals surface area contributed by atoms with Crippen LogP contribution in [0.25, 0.3) is 0 Å². The molecule has 1 aliphatic heterocycles. The van der Waals surface area contributed by atoms with Crippen molar-refractivity contribution in [2.45, 2.75) is 58.7 Å². The zero-order valence-corrected chi connectivity index (χ0v) is 16.1. The second kappa shape index (κ2) is 9.74. The molecule has 1 aliphatic rings. The van der Waals surface area contributed by atoms with Crippen LogP contribution in [0, 0.1) is 0 Å². The number of aromatic nitrogens is 3. The topological polar surface area (TPSA) is 45.2 Å². The number of likely N-dealkylation sites (N-methyl/N-ethyl adjacent to an activating group) is 1. The second-order valence-corrected chi connectivity index (χ2v) is 7.17. The molecule has 140 valence electrons. The minimum Gasteiger partial charge on any atom is -0.299 e. The first-order chi connectivity index (χ1) is 12.8. The molecule has 0 aromatic carbocycles. The standard InChI is InChI=1S/C21H31N5/c1-3-8-21-23-13-18(14-24-21)15-25(16-19-9-5-6-11-22-19)17-20-10-7-12-26(20)4-2/h5-6,9,11,13-14,20H,3-4,7-8,10,12,15-17H2,1-2H3/t20-/m0/s1. The average Bonchev–Trinajstić information content (AvgIpc) is 3.11. The van der Waals surface area contributed by atoms with E-state index in [9.17, 15) is 0 Å². The Morgan fingerprint density at radius 2 is 1.96 bits per heavy atom. The first kappa shape index (κ1) is 18.9. The maximum atomic E-state index is 4.53. The minimum atomic E-state index is 0.643. The summed E-state index contributed by atoms with van der Waals surface area (Å²) in [5, 5.41) is 0. The Morgan fingerprint density at radius 1 is 1.12 bits per heavy atom. The molecule has 1 atom stereocenters. The van der Waals surface area contributed by atoms with Crippen LogP contribution in [0.15, 0.2) is 36.8 Å². The van der Waals surface area contributed by atoms with Crippen molar-refractivity contribution in [3.05, 3.63) is 53.9 Å². The van der Waals surface area contributed by atoms with E-state index in [1.165, 1.54) is 24.9 Å². The van der Waals surface area contributed by atoms with Crippen molar-refractivity contribution in [2.24, 2.45) is 0 Å².